The number of rotatable bonds is 8. The number of carbonyl (C=O) groups excluding carboxylic acids is 2. The lowest BCUT2D eigenvalue weighted by atomic mass is 10.1. The number of para-hydroxylation sites is 1. The fourth-order valence-corrected chi connectivity index (χ4v) is 3.46. The van der Waals surface area contributed by atoms with Crippen molar-refractivity contribution in [1.82, 2.24) is 15.5 Å². The summed E-state index contributed by atoms with van der Waals surface area (Å²) in [7, 11) is 1.64. The molecule has 1 aliphatic rings. The number of nitrogens with one attached hydrogen (secondary N) is 2. The second kappa shape index (κ2) is 9.90. The number of carbonyl (C=O) groups is 2. The standard InChI is InChI=1S/C22H27N3O3/c1-28-20-10-6-5-9-18(20)16-25-14-13-24-22(27)19(25)15-21(26)23-12-11-17-7-3-2-4-8-17/h2-10,19H,11-16H2,1H3,(H,23,26)(H,24,27). The summed E-state index contributed by atoms with van der Waals surface area (Å²) in [5.74, 6) is 0.585. The van der Waals surface area contributed by atoms with E-state index in [0.29, 0.717) is 26.2 Å². The third-order valence-electron chi connectivity index (χ3n) is 4.97. The first kappa shape index (κ1) is 19.9. The van der Waals surface area contributed by atoms with Gasteiger partial charge < -0.3 is 15.4 Å². The first-order valence-electron chi connectivity index (χ1n) is 9.61. The zero-order valence-corrected chi connectivity index (χ0v) is 16.2. The largest absolute Gasteiger partial charge is 0.496 e. The molecule has 1 heterocycles. The van der Waals surface area contributed by atoms with E-state index in [-0.39, 0.29) is 18.2 Å². The lowest BCUT2D eigenvalue weighted by molar-refractivity contribution is -0.134. The molecule has 148 valence electrons. The van der Waals surface area contributed by atoms with Crippen molar-refractivity contribution in [3.05, 3.63) is 65.7 Å². The van der Waals surface area contributed by atoms with Gasteiger partial charge in [0.15, 0.2) is 0 Å². The summed E-state index contributed by atoms with van der Waals surface area (Å²) in [5.41, 5.74) is 2.19. The van der Waals surface area contributed by atoms with Crippen LogP contribution in [0.5, 0.6) is 5.75 Å². The quantitative estimate of drug-likeness (QED) is 0.731. The first-order valence-corrected chi connectivity index (χ1v) is 9.61. The van der Waals surface area contributed by atoms with E-state index in [4.69, 9.17) is 4.74 Å². The summed E-state index contributed by atoms with van der Waals surface area (Å²) >= 11 is 0. The molecule has 1 unspecified atom stereocenters. The average molecular weight is 381 g/mol. The normalized spacial score (nSPS) is 17.0. The molecule has 0 radical (unpaired) electrons. The average Bonchev–Trinajstić information content (AvgIpc) is 2.72. The van der Waals surface area contributed by atoms with E-state index >= 15 is 0 Å². The van der Waals surface area contributed by atoms with Crippen molar-refractivity contribution in [2.45, 2.75) is 25.4 Å². The summed E-state index contributed by atoms with van der Waals surface area (Å²) in [5, 5.41) is 5.81. The van der Waals surface area contributed by atoms with Crippen LogP contribution in [0.1, 0.15) is 17.5 Å². The molecule has 1 fully saturated rings. The predicted molar refractivity (Wildman–Crippen MR) is 108 cm³/mol. The summed E-state index contributed by atoms with van der Waals surface area (Å²) in [4.78, 5) is 26.9. The fraction of sp³-hybridized carbons (Fsp3) is 0.364. The fourth-order valence-electron chi connectivity index (χ4n) is 3.46. The van der Waals surface area contributed by atoms with Gasteiger partial charge in [0.05, 0.1) is 19.6 Å². The van der Waals surface area contributed by atoms with Gasteiger partial charge in [-0.25, -0.2) is 0 Å². The molecular formula is C22H27N3O3. The van der Waals surface area contributed by atoms with Crippen molar-refractivity contribution in [2.75, 3.05) is 26.7 Å². The number of hydrogen-bond acceptors (Lipinski definition) is 4. The van der Waals surface area contributed by atoms with Crippen LogP contribution >= 0.6 is 0 Å². The van der Waals surface area contributed by atoms with Gasteiger partial charge in [0, 0.05) is 31.7 Å². The highest BCUT2D eigenvalue weighted by molar-refractivity contribution is 5.88. The van der Waals surface area contributed by atoms with Crippen LogP contribution in [0.4, 0.5) is 0 Å². The molecule has 6 heteroatoms. The Morgan fingerprint density at radius 2 is 1.93 bits per heavy atom. The molecule has 28 heavy (non-hydrogen) atoms. The molecule has 0 aliphatic carbocycles. The van der Waals surface area contributed by atoms with E-state index in [0.717, 1.165) is 17.7 Å². The van der Waals surface area contributed by atoms with Crippen molar-refractivity contribution in [3.63, 3.8) is 0 Å². The van der Waals surface area contributed by atoms with Crippen LogP contribution in [0.2, 0.25) is 0 Å². The van der Waals surface area contributed by atoms with Crippen LogP contribution < -0.4 is 15.4 Å². The Morgan fingerprint density at radius 3 is 2.71 bits per heavy atom. The molecule has 2 aromatic carbocycles. The second-order valence-corrected chi connectivity index (χ2v) is 6.88. The van der Waals surface area contributed by atoms with E-state index in [1.54, 1.807) is 7.11 Å². The molecule has 2 aromatic rings. The van der Waals surface area contributed by atoms with Crippen molar-refractivity contribution in [2.24, 2.45) is 0 Å². The number of methoxy groups -OCH3 is 1. The Labute approximate surface area is 165 Å². The van der Waals surface area contributed by atoms with Gasteiger partial charge in [-0.2, -0.15) is 0 Å². The highest BCUT2D eigenvalue weighted by atomic mass is 16.5. The third-order valence-corrected chi connectivity index (χ3v) is 4.97. The lowest BCUT2D eigenvalue weighted by Gasteiger charge is -2.35. The summed E-state index contributed by atoms with van der Waals surface area (Å²) in [6.45, 7) is 2.41. The lowest BCUT2D eigenvalue weighted by Crippen LogP contribution is -2.56. The van der Waals surface area contributed by atoms with Gasteiger partial charge in [-0.15, -0.1) is 0 Å². The van der Waals surface area contributed by atoms with Crippen molar-refractivity contribution in [3.8, 4) is 5.75 Å². The molecule has 0 saturated carbocycles. The van der Waals surface area contributed by atoms with Crippen LogP contribution in [0.3, 0.4) is 0 Å². The van der Waals surface area contributed by atoms with Crippen LogP contribution in [0, 0.1) is 0 Å². The molecule has 2 N–H and O–H groups in total. The minimum absolute atomic E-state index is 0.0978. The van der Waals surface area contributed by atoms with E-state index < -0.39 is 6.04 Å². The summed E-state index contributed by atoms with van der Waals surface area (Å²) in [6, 6.07) is 17.3. The highest BCUT2D eigenvalue weighted by Crippen LogP contribution is 2.21. The van der Waals surface area contributed by atoms with E-state index in [9.17, 15) is 9.59 Å². The van der Waals surface area contributed by atoms with Gasteiger partial charge in [0.1, 0.15) is 5.75 Å². The number of ether oxygens (including phenoxy) is 1. The topological polar surface area (TPSA) is 70.7 Å². The summed E-state index contributed by atoms with van der Waals surface area (Å²) < 4.78 is 5.42. The Morgan fingerprint density at radius 1 is 1.18 bits per heavy atom. The van der Waals surface area contributed by atoms with Crippen LogP contribution in [-0.2, 0) is 22.6 Å². The zero-order chi connectivity index (χ0) is 19.8. The molecule has 0 aromatic heterocycles. The third kappa shape index (κ3) is 5.33. The summed E-state index contributed by atoms with van der Waals surface area (Å²) in [6.07, 6.45) is 0.921. The van der Waals surface area contributed by atoms with E-state index in [1.807, 2.05) is 59.5 Å². The Balaban J connectivity index is 1.57. The number of piperazine rings is 1. The van der Waals surface area contributed by atoms with Gasteiger partial charge >= 0.3 is 0 Å². The molecule has 1 aliphatic heterocycles. The zero-order valence-electron chi connectivity index (χ0n) is 16.2. The molecule has 1 saturated heterocycles. The molecule has 0 spiro atoms. The minimum atomic E-state index is -0.476. The molecule has 0 bridgehead atoms. The van der Waals surface area contributed by atoms with Gasteiger partial charge in [-0.3, -0.25) is 14.5 Å². The first-order chi connectivity index (χ1) is 13.7. The van der Waals surface area contributed by atoms with E-state index in [1.165, 1.54) is 5.56 Å². The maximum absolute atomic E-state index is 12.4. The predicted octanol–water partition coefficient (Wildman–Crippen LogP) is 1.74. The second-order valence-electron chi connectivity index (χ2n) is 6.88. The van der Waals surface area contributed by atoms with Gasteiger partial charge in [-0.1, -0.05) is 48.5 Å². The van der Waals surface area contributed by atoms with Crippen molar-refractivity contribution < 1.29 is 14.3 Å². The van der Waals surface area contributed by atoms with Crippen LogP contribution in [0.15, 0.2) is 54.6 Å². The van der Waals surface area contributed by atoms with Crippen molar-refractivity contribution >= 4 is 11.8 Å². The molecule has 6 nitrogen and oxygen atoms in total. The SMILES string of the molecule is COc1ccccc1CN1CCNC(=O)C1CC(=O)NCCc1ccccc1. The number of hydrogen-bond donors (Lipinski definition) is 2. The number of benzene rings is 2. The molecule has 3 rings (SSSR count). The van der Waals surface area contributed by atoms with Crippen LogP contribution in [-0.4, -0.2) is 49.5 Å². The minimum Gasteiger partial charge on any atom is -0.496 e. The van der Waals surface area contributed by atoms with Crippen LogP contribution in [0.25, 0.3) is 0 Å². The Hall–Kier alpha value is -2.86. The maximum atomic E-state index is 12.4. The maximum Gasteiger partial charge on any atom is 0.237 e. The van der Waals surface area contributed by atoms with Crippen molar-refractivity contribution in [1.29, 1.82) is 0 Å². The molecule has 1 atom stereocenters. The van der Waals surface area contributed by atoms with Gasteiger partial charge in [0.25, 0.3) is 0 Å². The molecular weight excluding hydrogens is 354 g/mol. The van der Waals surface area contributed by atoms with E-state index in [2.05, 4.69) is 10.6 Å². The highest BCUT2D eigenvalue weighted by Gasteiger charge is 2.31. The monoisotopic (exact) mass is 381 g/mol. The smallest absolute Gasteiger partial charge is 0.237 e. The van der Waals surface area contributed by atoms with Gasteiger partial charge in [-0.05, 0) is 18.1 Å². The van der Waals surface area contributed by atoms with Gasteiger partial charge in [0.2, 0.25) is 11.8 Å². The number of nitrogens with zero attached hydrogens (tertiary/aromatic N) is 1. The number of amides is 2. The Bertz CT molecular complexity index is 795. The molecule has 2 amide bonds. The Kier molecular flexibility index (Phi) is 7.03.